The molecule has 1 unspecified atom stereocenters. The third-order valence-electron chi connectivity index (χ3n) is 3.07. The molecule has 1 atom stereocenters. The first-order chi connectivity index (χ1) is 9.01. The van der Waals surface area contributed by atoms with Crippen molar-refractivity contribution in [2.45, 2.75) is 25.8 Å². The number of nitrogens with zero attached hydrogens (tertiary/aromatic N) is 1. The van der Waals surface area contributed by atoms with Crippen LogP contribution in [0.15, 0.2) is 12.1 Å². The van der Waals surface area contributed by atoms with Crippen LogP contribution in [0.25, 0.3) is 0 Å². The lowest BCUT2D eigenvalue weighted by atomic mass is 10.0. The Balaban J connectivity index is 2.41. The normalized spacial score (nSPS) is 15.4. The van der Waals surface area contributed by atoms with Crippen LogP contribution in [0.3, 0.4) is 0 Å². The Labute approximate surface area is 110 Å². The van der Waals surface area contributed by atoms with E-state index in [9.17, 15) is 14.9 Å². The molecule has 1 aliphatic heterocycles. The van der Waals surface area contributed by atoms with Gasteiger partial charge < -0.3 is 16.4 Å². The summed E-state index contributed by atoms with van der Waals surface area (Å²) in [5, 5.41) is 16.8. The van der Waals surface area contributed by atoms with Crippen molar-refractivity contribution in [1.29, 1.82) is 0 Å². The van der Waals surface area contributed by atoms with E-state index in [1.807, 2.05) is 6.92 Å². The van der Waals surface area contributed by atoms with Gasteiger partial charge in [0, 0.05) is 25.1 Å². The highest BCUT2D eigenvalue weighted by atomic mass is 16.6. The summed E-state index contributed by atoms with van der Waals surface area (Å²) in [5.74, 6) is -0.113. The van der Waals surface area contributed by atoms with Gasteiger partial charge in [-0.15, -0.1) is 0 Å². The monoisotopic (exact) mass is 264 g/mol. The van der Waals surface area contributed by atoms with E-state index in [-0.39, 0.29) is 17.6 Å². The van der Waals surface area contributed by atoms with E-state index in [2.05, 4.69) is 10.6 Å². The summed E-state index contributed by atoms with van der Waals surface area (Å²) in [5.41, 5.74) is 7.32. The average molecular weight is 264 g/mol. The van der Waals surface area contributed by atoms with Crippen molar-refractivity contribution in [1.82, 2.24) is 0 Å². The third-order valence-corrected chi connectivity index (χ3v) is 3.07. The molecule has 19 heavy (non-hydrogen) atoms. The van der Waals surface area contributed by atoms with E-state index >= 15 is 0 Å². The molecule has 0 fully saturated rings. The maximum Gasteiger partial charge on any atom is 0.294 e. The highest BCUT2D eigenvalue weighted by Crippen LogP contribution is 2.34. The van der Waals surface area contributed by atoms with E-state index in [1.165, 1.54) is 6.07 Å². The summed E-state index contributed by atoms with van der Waals surface area (Å²) in [6.07, 6.45) is 0.988. The minimum atomic E-state index is -0.466. The zero-order valence-corrected chi connectivity index (χ0v) is 10.6. The largest absolute Gasteiger partial charge is 0.376 e. The molecule has 0 spiro atoms. The number of aryl methyl sites for hydroxylation is 1. The SMILES string of the molecule is CC(CN)Nc1cc2c(cc1[N+](=O)[O-])NC(=O)CC2. The van der Waals surface area contributed by atoms with Crippen molar-refractivity contribution in [2.75, 3.05) is 17.2 Å². The molecule has 4 N–H and O–H groups in total. The molecule has 0 radical (unpaired) electrons. The first-order valence-electron chi connectivity index (χ1n) is 6.09. The first kappa shape index (κ1) is 13.3. The van der Waals surface area contributed by atoms with Crippen molar-refractivity contribution >= 4 is 23.0 Å². The van der Waals surface area contributed by atoms with Gasteiger partial charge in [-0.3, -0.25) is 14.9 Å². The molecule has 0 aliphatic carbocycles. The van der Waals surface area contributed by atoms with Gasteiger partial charge in [0.05, 0.1) is 10.6 Å². The third kappa shape index (κ3) is 2.82. The molecule has 1 aromatic carbocycles. The summed E-state index contributed by atoms with van der Waals surface area (Å²) in [4.78, 5) is 21.9. The van der Waals surface area contributed by atoms with Gasteiger partial charge in [-0.2, -0.15) is 0 Å². The Morgan fingerprint density at radius 3 is 2.89 bits per heavy atom. The number of benzene rings is 1. The van der Waals surface area contributed by atoms with E-state index in [4.69, 9.17) is 5.73 Å². The number of nitrogens with two attached hydrogens (primary N) is 1. The number of nitro benzene ring substituents is 1. The minimum Gasteiger partial charge on any atom is -0.376 e. The molecular weight excluding hydrogens is 248 g/mol. The maximum atomic E-state index is 11.3. The summed E-state index contributed by atoms with van der Waals surface area (Å²) in [6, 6.07) is 3.06. The molecular formula is C12H16N4O3. The molecule has 2 rings (SSSR count). The standard InChI is InChI=1S/C12H16N4O3/c1-7(6-13)14-10-4-8-2-3-12(17)15-9(8)5-11(10)16(18)19/h4-5,7,14H,2-3,6,13H2,1H3,(H,15,17). The van der Waals surface area contributed by atoms with Crippen LogP contribution in [-0.4, -0.2) is 23.4 Å². The summed E-state index contributed by atoms with van der Waals surface area (Å²) in [6.45, 7) is 2.23. The lowest BCUT2D eigenvalue weighted by Crippen LogP contribution is -2.26. The van der Waals surface area contributed by atoms with E-state index in [0.717, 1.165) is 5.56 Å². The Morgan fingerprint density at radius 1 is 1.53 bits per heavy atom. The zero-order valence-electron chi connectivity index (χ0n) is 10.6. The van der Waals surface area contributed by atoms with Crippen LogP contribution in [0.4, 0.5) is 17.1 Å². The van der Waals surface area contributed by atoms with Gasteiger partial charge in [0.2, 0.25) is 5.91 Å². The maximum absolute atomic E-state index is 11.3. The molecule has 7 heteroatoms. The Bertz CT molecular complexity index is 530. The quantitative estimate of drug-likeness (QED) is 0.559. The van der Waals surface area contributed by atoms with Gasteiger partial charge in [-0.05, 0) is 25.0 Å². The van der Waals surface area contributed by atoms with Gasteiger partial charge in [0.1, 0.15) is 5.69 Å². The van der Waals surface area contributed by atoms with Gasteiger partial charge in [0.15, 0.2) is 0 Å². The number of nitrogens with one attached hydrogen (secondary N) is 2. The van der Waals surface area contributed by atoms with Crippen molar-refractivity contribution in [2.24, 2.45) is 5.73 Å². The molecule has 0 bridgehead atoms. The number of carbonyl (C=O) groups excluding carboxylic acids is 1. The zero-order chi connectivity index (χ0) is 14.0. The average Bonchev–Trinajstić information content (AvgIpc) is 2.37. The fourth-order valence-electron chi connectivity index (χ4n) is 2.01. The number of nitro groups is 1. The van der Waals surface area contributed by atoms with E-state index in [0.29, 0.717) is 30.8 Å². The van der Waals surface area contributed by atoms with Gasteiger partial charge in [0.25, 0.3) is 5.69 Å². The number of hydrogen-bond donors (Lipinski definition) is 3. The highest BCUT2D eigenvalue weighted by molar-refractivity contribution is 5.95. The molecule has 0 saturated carbocycles. The summed E-state index contributed by atoms with van der Waals surface area (Å²) < 4.78 is 0. The fourth-order valence-corrected chi connectivity index (χ4v) is 2.01. The molecule has 0 saturated heterocycles. The lowest BCUT2D eigenvalue weighted by Gasteiger charge is -2.19. The van der Waals surface area contributed by atoms with Crippen molar-refractivity contribution in [3.8, 4) is 0 Å². The van der Waals surface area contributed by atoms with E-state index in [1.54, 1.807) is 6.07 Å². The molecule has 1 aliphatic rings. The second-order valence-corrected chi connectivity index (χ2v) is 4.61. The number of carbonyl (C=O) groups is 1. The number of amides is 1. The second kappa shape index (κ2) is 5.23. The molecule has 1 amide bonds. The predicted molar refractivity (Wildman–Crippen MR) is 72.2 cm³/mol. The van der Waals surface area contributed by atoms with Crippen LogP contribution in [0.1, 0.15) is 18.9 Å². The van der Waals surface area contributed by atoms with Crippen molar-refractivity contribution in [3.63, 3.8) is 0 Å². The molecule has 7 nitrogen and oxygen atoms in total. The van der Waals surface area contributed by atoms with E-state index < -0.39 is 4.92 Å². The smallest absolute Gasteiger partial charge is 0.294 e. The predicted octanol–water partition coefficient (Wildman–Crippen LogP) is 1.24. The first-order valence-corrected chi connectivity index (χ1v) is 6.09. The van der Waals surface area contributed by atoms with Crippen LogP contribution in [0.2, 0.25) is 0 Å². The highest BCUT2D eigenvalue weighted by Gasteiger charge is 2.23. The van der Waals surface area contributed by atoms with Crippen LogP contribution in [0.5, 0.6) is 0 Å². The lowest BCUT2D eigenvalue weighted by molar-refractivity contribution is -0.383. The Hall–Kier alpha value is -2.15. The molecule has 102 valence electrons. The van der Waals surface area contributed by atoms with Crippen LogP contribution in [-0.2, 0) is 11.2 Å². The van der Waals surface area contributed by atoms with Gasteiger partial charge in [-0.25, -0.2) is 0 Å². The van der Waals surface area contributed by atoms with Crippen LogP contribution in [0, 0.1) is 10.1 Å². The van der Waals surface area contributed by atoms with Crippen LogP contribution >= 0.6 is 0 Å². The minimum absolute atomic E-state index is 0.0544. The Kier molecular flexibility index (Phi) is 3.66. The number of hydrogen-bond acceptors (Lipinski definition) is 5. The molecule has 1 heterocycles. The van der Waals surface area contributed by atoms with Crippen molar-refractivity contribution in [3.05, 3.63) is 27.8 Å². The van der Waals surface area contributed by atoms with Gasteiger partial charge >= 0.3 is 0 Å². The Morgan fingerprint density at radius 2 is 2.26 bits per heavy atom. The van der Waals surface area contributed by atoms with Crippen molar-refractivity contribution < 1.29 is 9.72 Å². The topological polar surface area (TPSA) is 110 Å². The number of anilines is 2. The molecule has 0 aromatic heterocycles. The second-order valence-electron chi connectivity index (χ2n) is 4.61. The number of fused-ring (bicyclic) bond motifs is 1. The van der Waals surface area contributed by atoms with Crippen LogP contribution < -0.4 is 16.4 Å². The van der Waals surface area contributed by atoms with Gasteiger partial charge in [-0.1, -0.05) is 0 Å². The molecule has 1 aromatic rings. The number of rotatable bonds is 4. The summed E-state index contributed by atoms with van der Waals surface area (Å²) in [7, 11) is 0. The summed E-state index contributed by atoms with van der Waals surface area (Å²) >= 11 is 0. The fraction of sp³-hybridized carbons (Fsp3) is 0.417.